The molecule has 17 heavy (non-hydrogen) atoms. The van der Waals surface area contributed by atoms with Crippen LogP contribution in [0.2, 0.25) is 0 Å². The van der Waals surface area contributed by atoms with Crippen molar-refractivity contribution in [2.45, 2.75) is 5.92 Å². The number of nitrogens with zero attached hydrogens (tertiary/aromatic N) is 1. The van der Waals surface area contributed by atoms with Crippen LogP contribution < -0.4 is 16.4 Å². The first-order valence-electron chi connectivity index (χ1n) is 5.03. The van der Waals surface area contributed by atoms with Gasteiger partial charge in [0, 0.05) is 19.3 Å². The average Bonchev–Trinajstić information content (AvgIpc) is 2.28. The molecule has 6 heteroatoms. The molecule has 0 radical (unpaired) electrons. The van der Waals surface area contributed by atoms with Gasteiger partial charge in [-0.1, -0.05) is 12.1 Å². The van der Waals surface area contributed by atoms with E-state index in [4.69, 9.17) is 16.6 Å². The molecule has 1 aromatic rings. The lowest BCUT2D eigenvalue weighted by atomic mass is 9.99. The van der Waals surface area contributed by atoms with Crippen molar-refractivity contribution in [3.05, 3.63) is 29.8 Å². The van der Waals surface area contributed by atoms with Crippen LogP contribution in [0.3, 0.4) is 0 Å². The van der Waals surface area contributed by atoms with E-state index in [-0.39, 0.29) is 6.54 Å². The van der Waals surface area contributed by atoms with Crippen molar-refractivity contribution in [1.82, 2.24) is 0 Å². The maximum absolute atomic E-state index is 11.0. The minimum absolute atomic E-state index is 0.000920. The van der Waals surface area contributed by atoms with Gasteiger partial charge in [-0.3, -0.25) is 9.69 Å². The molecule has 1 unspecified atom stereocenters. The molecule has 5 N–H and O–H groups in total. The van der Waals surface area contributed by atoms with E-state index in [1.807, 2.05) is 0 Å². The molecule has 0 saturated heterocycles. The fourth-order valence-electron chi connectivity index (χ4n) is 1.46. The van der Waals surface area contributed by atoms with Gasteiger partial charge in [0.05, 0.1) is 5.92 Å². The summed E-state index contributed by atoms with van der Waals surface area (Å²) in [4.78, 5) is 23.2. The maximum atomic E-state index is 11.0. The zero-order chi connectivity index (χ0) is 13.0. The van der Waals surface area contributed by atoms with E-state index >= 15 is 0 Å². The second-order valence-corrected chi connectivity index (χ2v) is 3.62. The molecule has 0 bridgehead atoms. The Hall–Kier alpha value is -2.08. The molecule has 2 amide bonds. The zero-order valence-electron chi connectivity index (χ0n) is 9.46. The lowest BCUT2D eigenvalue weighted by molar-refractivity contribution is -0.138. The predicted molar refractivity (Wildman–Crippen MR) is 63.9 cm³/mol. The van der Waals surface area contributed by atoms with Crippen LogP contribution in [0.4, 0.5) is 10.5 Å². The number of hydrogen-bond acceptors (Lipinski definition) is 3. The molecule has 0 aromatic heterocycles. The fraction of sp³-hybridized carbons (Fsp3) is 0.273. The van der Waals surface area contributed by atoms with Crippen LogP contribution in [0, 0.1) is 0 Å². The second kappa shape index (κ2) is 5.31. The number of primary amides is 1. The third-order valence-corrected chi connectivity index (χ3v) is 2.52. The lowest BCUT2D eigenvalue weighted by Crippen LogP contribution is -2.32. The third kappa shape index (κ3) is 2.94. The Bertz CT molecular complexity index is 434. The summed E-state index contributed by atoms with van der Waals surface area (Å²) in [7, 11) is 1.51. The van der Waals surface area contributed by atoms with E-state index in [0.717, 1.165) is 0 Å². The number of hydrogen-bond donors (Lipinski definition) is 3. The largest absolute Gasteiger partial charge is 0.481 e. The van der Waals surface area contributed by atoms with Crippen LogP contribution in [0.1, 0.15) is 11.5 Å². The van der Waals surface area contributed by atoms with Gasteiger partial charge in [0.15, 0.2) is 0 Å². The molecular weight excluding hydrogens is 222 g/mol. The van der Waals surface area contributed by atoms with Gasteiger partial charge in [-0.2, -0.15) is 0 Å². The van der Waals surface area contributed by atoms with Gasteiger partial charge in [-0.15, -0.1) is 0 Å². The van der Waals surface area contributed by atoms with E-state index in [0.29, 0.717) is 11.3 Å². The van der Waals surface area contributed by atoms with Crippen LogP contribution >= 0.6 is 0 Å². The summed E-state index contributed by atoms with van der Waals surface area (Å²) >= 11 is 0. The van der Waals surface area contributed by atoms with Gasteiger partial charge in [0.25, 0.3) is 0 Å². The van der Waals surface area contributed by atoms with Crippen LogP contribution in [-0.2, 0) is 4.79 Å². The Morgan fingerprint density at radius 2 is 2.12 bits per heavy atom. The third-order valence-electron chi connectivity index (χ3n) is 2.52. The number of carboxylic acids is 1. The minimum Gasteiger partial charge on any atom is -0.481 e. The van der Waals surface area contributed by atoms with Gasteiger partial charge in [-0.05, 0) is 17.7 Å². The number of carbonyl (C=O) groups excluding carboxylic acids is 1. The van der Waals surface area contributed by atoms with Gasteiger partial charge in [-0.25, -0.2) is 4.79 Å². The summed E-state index contributed by atoms with van der Waals surface area (Å²) in [5, 5.41) is 8.98. The standard InChI is InChI=1S/C11H15N3O3/c1-14(11(13)17)8-4-2-3-7(5-8)9(6-12)10(15)16/h2-5,9H,6,12H2,1H3,(H2,13,17)(H,15,16). The molecule has 0 saturated carbocycles. The topological polar surface area (TPSA) is 110 Å². The van der Waals surface area contributed by atoms with Crippen molar-refractivity contribution in [3.8, 4) is 0 Å². The summed E-state index contributed by atoms with van der Waals surface area (Å²) in [6, 6.07) is 5.97. The smallest absolute Gasteiger partial charge is 0.318 e. The molecule has 0 spiro atoms. The van der Waals surface area contributed by atoms with Crippen molar-refractivity contribution >= 4 is 17.7 Å². The number of nitrogens with two attached hydrogens (primary N) is 2. The SMILES string of the molecule is CN(C(N)=O)c1cccc(C(CN)C(=O)O)c1. The molecule has 6 nitrogen and oxygen atoms in total. The number of carboxylic acid groups (broad SMARTS) is 1. The molecule has 0 heterocycles. The van der Waals surface area contributed by atoms with E-state index in [1.165, 1.54) is 11.9 Å². The number of rotatable bonds is 4. The summed E-state index contributed by atoms with van der Waals surface area (Å²) in [5.41, 5.74) is 11.6. The number of anilines is 1. The minimum atomic E-state index is -0.994. The van der Waals surface area contributed by atoms with Crippen molar-refractivity contribution in [1.29, 1.82) is 0 Å². The van der Waals surface area contributed by atoms with E-state index in [1.54, 1.807) is 24.3 Å². The Morgan fingerprint density at radius 3 is 2.59 bits per heavy atom. The van der Waals surface area contributed by atoms with Crippen molar-refractivity contribution in [2.75, 3.05) is 18.5 Å². The highest BCUT2D eigenvalue weighted by molar-refractivity contribution is 5.90. The molecular formula is C11H15N3O3. The number of urea groups is 1. The summed E-state index contributed by atoms with van der Waals surface area (Å²) in [6.45, 7) is -0.000920. The summed E-state index contributed by atoms with van der Waals surface area (Å²) in [6.07, 6.45) is 0. The number of benzene rings is 1. The Kier molecular flexibility index (Phi) is 4.06. The highest BCUT2D eigenvalue weighted by Gasteiger charge is 2.19. The summed E-state index contributed by atoms with van der Waals surface area (Å²) in [5.74, 6) is -1.78. The Morgan fingerprint density at radius 1 is 1.47 bits per heavy atom. The lowest BCUT2D eigenvalue weighted by Gasteiger charge is -2.17. The highest BCUT2D eigenvalue weighted by Crippen LogP contribution is 2.21. The number of amides is 2. The first-order chi connectivity index (χ1) is 7.97. The van der Waals surface area contributed by atoms with Gasteiger partial charge < -0.3 is 16.6 Å². The first kappa shape index (κ1) is 13.0. The van der Waals surface area contributed by atoms with Gasteiger partial charge >= 0.3 is 12.0 Å². The Balaban J connectivity index is 3.08. The molecule has 0 fully saturated rings. The maximum Gasteiger partial charge on any atom is 0.318 e. The molecule has 1 atom stereocenters. The number of aliphatic carboxylic acids is 1. The van der Waals surface area contributed by atoms with Crippen LogP contribution in [0.25, 0.3) is 0 Å². The van der Waals surface area contributed by atoms with Crippen molar-refractivity contribution < 1.29 is 14.7 Å². The monoisotopic (exact) mass is 237 g/mol. The molecule has 0 aliphatic heterocycles. The molecule has 92 valence electrons. The fourth-order valence-corrected chi connectivity index (χ4v) is 1.46. The predicted octanol–water partition coefficient (Wildman–Crippen LogP) is 0.328. The average molecular weight is 237 g/mol. The molecule has 0 aliphatic carbocycles. The van der Waals surface area contributed by atoms with Crippen molar-refractivity contribution in [2.24, 2.45) is 11.5 Å². The van der Waals surface area contributed by atoms with E-state index in [2.05, 4.69) is 0 Å². The zero-order valence-corrected chi connectivity index (χ0v) is 9.46. The van der Waals surface area contributed by atoms with Crippen LogP contribution in [0.5, 0.6) is 0 Å². The first-order valence-corrected chi connectivity index (χ1v) is 5.03. The highest BCUT2D eigenvalue weighted by atomic mass is 16.4. The van der Waals surface area contributed by atoms with Crippen LogP contribution in [-0.4, -0.2) is 30.7 Å². The van der Waals surface area contributed by atoms with E-state index < -0.39 is 17.9 Å². The number of carbonyl (C=O) groups is 2. The molecule has 1 rings (SSSR count). The van der Waals surface area contributed by atoms with Crippen LogP contribution in [0.15, 0.2) is 24.3 Å². The van der Waals surface area contributed by atoms with Gasteiger partial charge in [0.2, 0.25) is 0 Å². The molecule has 0 aliphatic rings. The summed E-state index contributed by atoms with van der Waals surface area (Å²) < 4.78 is 0. The quantitative estimate of drug-likeness (QED) is 0.700. The second-order valence-electron chi connectivity index (χ2n) is 3.62. The normalized spacial score (nSPS) is 11.9. The van der Waals surface area contributed by atoms with E-state index in [9.17, 15) is 9.59 Å². The van der Waals surface area contributed by atoms with Gasteiger partial charge in [0.1, 0.15) is 0 Å². The molecule has 1 aromatic carbocycles. The Labute approximate surface area is 98.8 Å². The van der Waals surface area contributed by atoms with Crippen molar-refractivity contribution in [3.63, 3.8) is 0 Å².